The number of amides is 1. The van der Waals surface area contributed by atoms with Crippen LogP contribution in [0.5, 0.6) is 0 Å². The largest absolute Gasteiger partial charge is 0.337 e. The van der Waals surface area contributed by atoms with Gasteiger partial charge in [-0.3, -0.25) is 4.79 Å². The predicted molar refractivity (Wildman–Crippen MR) is 88.8 cm³/mol. The smallest absolute Gasteiger partial charge is 0.276 e. The van der Waals surface area contributed by atoms with Crippen molar-refractivity contribution in [3.8, 4) is 5.69 Å². The molecule has 0 spiro atoms. The van der Waals surface area contributed by atoms with Crippen LogP contribution < -0.4 is 5.32 Å². The summed E-state index contributed by atoms with van der Waals surface area (Å²) >= 11 is 0. The molecule has 1 N–H and O–H groups in total. The molecule has 2 aromatic rings. The first-order chi connectivity index (χ1) is 11.1. The number of aromatic nitrogens is 3. The molecule has 0 unspecified atom stereocenters. The first-order valence-corrected chi connectivity index (χ1v) is 8.06. The van der Waals surface area contributed by atoms with Gasteiger partial charge in [-0.05, 0) is 45.9 Å². The number of nitrogens with one attached hydrogen (secondary N) is 1. The minimum atomic E-state index is -0.0181. The second-order valence-electron chi connectivity index (χ2n) is 6.13. The number of benzene rings is 1. The second-order valence-corrected chi connectivity index (χ2v) is 6.13. The Kier molecular flexibility index (Phi) is 4.43. The number of piperidine rings is 1. The summed E-state index contributed by atoms with van der Waals surface area (Å²) in [4.78, 5) is 14.6. The van der Waals surface area contributed by atoms with Gasteiger partial charge in [-0.15, -0.1) is 5.10 Å². The highest BCUT2D eigenvalue weighted by molar-refractivity contribution is 5.93. The number of carbonyl (C=O) groups excluding carboxylic acids is 1. The highest BCUT2D eigenvalue weighted by Gasteiger charge is 2.26. The first kappa shape index (κ1) is 15.7. The monoisotopic (exact) mass is 313 g/mol. The first-order valence-electron chi connectivity index (χ1n) is 8.06. The number of nitrogens with zero attached hydrogens (tertiary/aromatic N) is 4. The van der Waals surface area contributed by atoms with Crippen LogP contribution in [0.1, 0.15) is 34.6 Å². The van der Waals surface area contributed by atoms with Crippen LogP contribution in [0.4, 0.5) is 0 Å². The molecule has 3 rings (SSSR count). The number of hydrogen-bond acceptors (Lipinski definition) is 4. The summed E-state index contributed by atoms with van der Waals surface area (Å²) in [5.74, 6) is -0.0181. The van der Waals surface area contributed by atoms with Crippen molar-refractivity contribution in [3.63, 3.8) is 0 Å². The third kappa shape index (κ3) is 3.12. The van der Waals surface area contributed by atoms with Gasteiger partial charge in [0.1, 0.15) is 0 Å². The van der Waals surface area contributed by atoms with E-state index < -0.39 is 0 Å². The maximum atomic E-state index is 12.7. The van der Waals surface area contributed by atoms with Crippen LogP contribution in [-0.2, 0) is 0 Å². The standard InChI is InChI=1S/C17H23N5O/c1-12-4-6-15(7-5-12)22-13(2)16(19-20-22)17(23)21-10-8-14(18-3)9-11-21/h4-7,14,18H,8-11H2,1-3H3. The van der Waals surface area contributed by atoms with E-state index in [0.717, 1.165) is 37.3 Å². The summed E-state index contributed by atoms with van der Waals surface area (Å²) in [6.45, 7) is 5.47. The van der Waals surface area contributed by atoms with Gasteiger partial charge in [0.25, 0.3) is 5.91 Å². The van der Waals surface area contributed by atoms with E-state index in [4.69, 9.17) is 0 Å². The molecular formula is C17H23N5O. The zero-order valence-corrected chi connectivity index (χ0v) is 13.9. The predicted octanol–water partition coefficient (Wildman–Crippen LogP) is 1.71. The van der Waals surface area contributed by atoms with Gasteiger partial charge in [0.2, 0.25) is 0 Å². The maximum absolute atomic E-state index is 12.7. The van der Waals surface area contributed by atoms with Crippen LogP contribution in [-0.4, -0.2) is 52.0 Å². The molecule has 2 heterocycles. The highest BCUT2D eigenvalue weighted by atomic mass is 16.2. The maximum Gasteiger partial charge on any atom is 0.276 e. The lowest BCUT2D eigenvalue weighted by Gasteiger charge is -2.31. The Balaban J connectivity index is 1.79. The van der Waals surface area contributed by atoms with Gasteiger partial charge >= 0.3 is 0 Å². The summed E-state index contributed by atoms with van der Waals surface area (Å²) in [6, 6.07) is 8.54. The molecule has 1 aliphatic rings. The van der Waals surface area contributed by atoms with Gasteiger partial charge in [0.05, 0.1) is 11.4 Å². The van der Waals surface area contributed by atoms with E-state index >= 15 is 0 Å². The quantitative estimate of drug-likeness (QED) is 0.937. The van der Waals surface area contributed by atoms with Crippen LogP contribution in [0.3, 0.4) is 0 Å². The third-order valence-corrected chi connectivity index (χ3v) is 4.57. The molecule has 1 saturated heterocycles. The molecule has 1 aliphatic heterocycles. The van der Waals surface area contributed by atoms with Gasteiger partial charge in [-0.1, -0.05) is 22.9 Å². The number of likely N-dealkylation sites (tertiary alicyclic amines) is 1. The zero-order valence-electron chi connectivity index (χ0n) is 13.9. The number of rotatable bonds is 3. The highest BCUT2D eigenvalue weighted by Crippen LogP contribution is 2.17. The van der Waals surface area contributed by atoms with Crippen molar-refractivity contribution in [2.24, 2.45) is 0 Å². The number of aryl methyl sites for hydroxylation is 1. The minimum Gasteiger partial charge on any atom is -0.337 e. The Morgan fingerprint density at radius 3 is 2.43 bits per heavy atom. The Bertz CT molecular complexity index is 684. The van der Waals surface area contributed by atoms with Crippen molar-refractivity contribution >= 4 is 5.91 Å². The van der Waals surface area contributed by atoms with Crippen molar-refractivity contribution in [1.82, 2.24) is 25.2 Å². The van der Waals surface area contributed by atoms with E-state index in [9.17, 15) is 4.79 Å². The molecule has 0 bridgehead atoms. The summed E-state index contributed by atoms with van der Waals surface area (Å²) in [5, 5.41) is 11.6. The summed E-state index contributed by atoms with van der Waals surface area (Å²) in [6.07, 6.45) is 1.96. The fourth-order valence-corrected chi connectivity index (χ4v) is 2.98. The van der Waals surface area contributed by atoms with Crippen LogP contribution in [0.15, 0.2) is 24.3 Å². The molecule has 6 nitrogen and oxygen atoms in total. The van der Waals surface area contributed by atoms with E-state index in [1.54, 1.807) is 4.68 Å². The lowest BCUT2D eigenvalue weighted by atomic mass is 10.0. The summed E-state index contributed by atoms with van der Waals surface area (Å²) < 4.78 is 1.73. The molecule has 23 heavy (non-hydrogen) atoms. The van der Waals surface area contributed by atoms with Crippen LogP contribution in [0.25, 0.3) is 5.69 Å². The molecular weight excluding hydrogens is 290 g/mol. The molecule has 1 aromatic heterocycles. The fraction of sp³-hybridized carbons (Fsp3) is 0.471. The molecule has 0 radical (unpaired) electrons. The van der Waals surface area contributed by atoms with E-state index in [0.29, 0.717) is 11.7 Å². The third-order valence-electron chi connectivity index (χ3n) is 4.57. The summed E-state index contributed by atoms with van der Waals surface area (Å²) in [5.41, 5.74) is 3.35. The average Bonchev–Trinajstić information content (AvgIpc) is 2.96. The Morgan fingerprint density at radius 2 is 1.83 bits per heavy atom. The Labute approximate surface area is 136 Å². The Hall–Kier alpha value is -2.21. The van der Waals surface area contributed by atoms with Gasteiger partial charge < -0.3 is 10.2 Å². The average molecular weight is 313 g/mol. The van der Waals surface area contributed by atoms with E-state index in [-0.39, 0.29) is 5.91 Å². The molecule has 1 fully saturated rings. The minimum absolute atomic E-state index is 0.0181. The molecule has 0 saturated carbocycles. The van der Waals surface area contributed by atoms with E-state index in [1.807, 2.05) is 50.1 Å². The van der Waals surface area contributed by atoms with Crippen molar-refractivity contribution in [1.29, 1.82) is 0 Å². The Morgan fingerprint density at radius 1 is 1.17 bits per heavy atom. The van der Waals surface area contributed by atoms with Crippen molar-refractivity contribution in [2.75, 3.05) is 20.1 Å². The van der Waals surface area contributed by atoms with Gasteiger partial charge in [-0.25, -0.2) is 4.68 Å². The van der Waals surface area contributed by atoms with Crippen molar-refractivity contribution in [3.05, 3.63) is 41.2 Å². The van der Waals surface area contributed by atoms with Crippen LogP contribution in [0, 0.1) is 13.8 Å². The van der Waals surface area contributed by atoms with Crippen molar-refractivity contribution < 1.29 is 4.79 Å². The van der Waals surface area contributed by atoms with E-state index in [1.165, 1.54) is 5.56 Å². The second kappa shape index (κ2) is 6.50. The molecule has 0 atom stereocenters. The lowest BCUT2D eigenvalue weighted by molar-refractivity contribution is 0.0700. The van der Waals surface area contributed by atoms with Gasteiger partial charge in [0, 0.05) is 19.1 Å². The summed E-state index contributed by atoms with van der Waals surface area (Å²) in [7, 11) is 1.97. The molecule has 0 aliphatic carbocycles. The topological polar surface area (TPSA) is 63.1 Å². The van der Waals surface area contributed by atoms with Gasteiger partial charge in [0.15, 0.2) is 5.69 Å². The molecule has 122 valence electrons. The van der Waals surface area contributed by atoms with Gasteiger partial charge in [-0.2, -0.15) is 0 Å². The number of carbonyl (C=O) groups is 1. The fourth-order valence-electron chi connectivity index (χ4n) is 2.98. The lowest BCUT2D eigenvalue weighted by Crippen LogP contribution is -2.44. The van der Waals surface area contributed by atoms with E-state index in [2.05, 4.69) is 15.6 Å². The van der Waals surface area contributed by atoms with Crippen LogP contribution in [0.2, 0.25) is 0 Å². The van der Waals surface area contributed by atoms with Crippen LogP contribution >= 0.6 is 0 Å². The molecule has 1 aromatic carbocycles. The molecule has 6 heteroatoms. The molecule has 1 amide bonds. The number of hydrogen-bond donors (Lipinski definition) is 1. The van der Waals surface area contributed by atoms with Crippen molar-refractivity contribution in [2.45, 2.75) is 32.7 Å². The normalized spacial score (nSPS) is 15.9. The SMILES string of the molecule is CNC1CCN(C(=O)c2nnn(-c3ccc(C)cc3)c2C)CC1. The zero-order chi connectivity index (χ0) is 16.4.